The number of thioether (sulfide) groups is 1. The Hall–Kier alpha value is -1.25. The van der Waals surface area contributed by atoms with Gasteiger partial charge in [0.25, 0.3) is 5.56 Å². The number of aromatic nitrogens is 2. The molecule has 0 atom stereocenters. The molecule has 3 aromatic rings. The van der Waals surface area contributed by atoms with Crippen LogP contribution in [0.4, 0.5) is 5.69 Å². The van der Waals surface area contributed by atoms with Crippen molar-refractivity contribution in [2.24, 2.45) is 7.05 Å². The van der Waals surface area contributed by atoms with Crippen molar-refractivity contribution in [2.45, 2.75) is 5.16 Å². The third kappa shape index (κ3) is 3.96. The highest BCUT2D eigenvalue weighted by molar-refractivity contribution is 7.99. The summed E-state index contributed by atoms with van der Waals surface area (Å²) in [6, 6.07) is 4.73. The molecule has 130 valence electrons. The Kier molecular flexibility index (Phi) is 5.60. The van der Waals surface area contributed by atoms with Gasteiger partial charge in [0.1, 0.15) is 4.70 Å². The van der Waals surface area contributed by atoms with Crippen LogP contribution in [0.5, 0.6) is 0 Å². The van der Waals surface area contributed by atoms with Gasteiger partial charge in [0.05, 0.1) is 32.0 Å². The van der Waals surface area contributed by atoms with Gasteiger partial charge in [-0.2, -0.15) is 0 Å². The van der Waals surface area contributed by atoms with Gasteiger partial charge in [-0.1, -0.05) is 46.6 Å². The van der Waals surface area contributed by atoms with Gasteiger partial charge in [-0.3, -0.25) is 14.2 Å². The number of halogens is 3. The average molecular weight is 435 g/mol. The first kappa shape index (κ1) is 18.5. The van der Waals surface area contributed by atoms with Crippen LogP contribution < -0.4 is 10.9 Å². The molecule has 0 aliphatic rings. The Bertz CT molecular complexity index is 1030. The number of benzene rings is 1. The molecule has 0 bridgehead atoms. The molecule has 0 aliphatic heterocycles. The van der Waals surface area contributed by atoms with Crippen molar-refractivity contribution in [2.75, 3.05) is 11.1 Å². The monoisotopic (exact) mass is 433 g/mol. The minimum Gasteiger partial charge on any atom is -0.324 e. The summed E-state index contributed by atoms with van der Waals surface area (Å²) < 4.78 is 2.03. The second-order valence-corrected chi connectivity index (χ2v) is 8.06. The minimum absolute atomic E-state index is 0.0620. The smallest absolute Gasteiger partial charge is 0.271 e. The maximum absolute atomic E-state index is 12.2. The summed E-state index contributed by atoms with van der Waals surface area (Å²) >= 11 is 20.3. The van der Waals surface area contributed by atoms with Crippen molar-refractivity contribution in [3.63, 3.8) is 0 Å². The highest BCUT2D eigenvalue weighted by atomic mass is 35.5. The van der Waals surface area contributed by atoms with Gasteiger partial charge in [-0.05, 0) is 23.6 Å². The molecule has 1 N–H and O–H groups in total. The summed E-state index contributed by atoms with van der Waals surface area (Å²) in [5.41, 5.74) is 0.871. The zero-order valence-electron chi connectivity index (χ0n) is 12.7. The Labute approximate surface area is 165 Å². The molecule has 3 rings (SSSR count). The third-order valence-corrected chi connectivity index (χ3v) is 6.22. The number of rotatable bonds is 4. The molecule has 5 nitrogen and oxygen atoms in total. The largest absolute Gasteiger partial charge is 0.324 e. The maximum atomic E-state index is 12.2. The van der Waals surface area contributed by atoms with Gasteiger partial charge in [0.15, 0.2) is 5.16 Å². The van der Waals surface area contributed by atoms with Crippen LogP contribution in [0.3, 0.4) is 0 Å². The van der Waals surface area contributed by atoms with Crippen LogP contribution in [0.25, 0.3) is 10.2 Å². The zero-order chi connectivity index (χ0) is 18.1. The van der Waals surface area contributed by atoms with Crippen LogP contribution >= 0.6 is 57.9 Å². The molecule has 1 amide bonds. The van der Waals surface area contributed by atoms with E-state index in [0.29, 0.717) is 31.1 Å². The SMILES string of the molecule is Cn1c(SCC(=O)Nc2cc(Cl)c(Cl)cc2Cl)nc2ccsc2c1=O. The minimum atomic E-state index is -0.301. The first-order valence-corrected chi connectivity index (χ1v) is 9.88. The average Bonchev–Trinajstić information content (AvgIpc) is 3.03. The van der Waals surface area contributed by atoms with Crippen LogP contribution in [-0.2, 0) is 11.8 Å². The zero-order valence-corrected chi connectivity index (χ0v) is 16.6. The quantitative estimate of drug-likeness (QED) is 0.368. The lowest BCUT2D eigenvalue weighted by Gasteiger charge is -2.10. The van der Waals surface area contributed by atoms with E-state index < -0.39 is 0 Å². The first-order valence-electron chi connectivity index (χ1n) is 6.88. The number of amides is 1. The number of hydrogen-bond donors (Lipinski definition) is 1. The van der Waals surface area contributed by atoms with E-state index in [1.807, 2.05) is 5.38 Å². The predicted molar refractivity (Wildman–Crippen MR) is 106 cm³/mol. The van der Waals surface area contributed by atoms with Gasteiger partial charge in [-0.15, -0.1) is 11.3 Å². The van der Waals surface area contributed by atoms with E-state index in [2.05, 4.69) is 10.3 Å². The van der Waals surface area contributed by atoms with E-state index in [-0.39, 0.29) is 22.2 Å². The van der Waals surface area contributed by atoms with Crippen molar-refractivity contribution < 1.29 is 4.79 Å². The number of thiophene rings is 1. The lowest BCUT2D eigenvalue weighted by molar-refractivity contribution is -0.113. The van der Waals surface area contributed by atoms with E-state index >= 15 is 0 Å². The lowest BCUT2D eigenvalue weighted by atomic mass is 10.3. The van der Waals surface area contributed by atoms with Crippen LogP contribution in [0.15, 0.2) is 33.5 Å². The second kappa shape index (κ2) is 7.55. The number of fused-ring (bicyclic) bond motifs is 1. The molecular formula is C15H10Cl3N3O2S2. The second-order valence-electron chi connectivity index (χ2n) is 4.98. The van der Waals surface area contributed by atoms with Crippen molar-refractivity contribution in [1.29, 1.82) is 0 Å². The number of anilines is 1. The molecule has 0 saturated carbocycles. The molecule has 0 saturated heterocycles. The van der Waals surface area contributed by atoms with Crippen LogP contribution in [0.1, 0.15) is 0 Å². The summed E-state index contributed by atoms with van der Waals surface area (Å²) in [5.74, 6) is -0.239. The van der Waals surface area contributed by atoms with Crippen LogP contribution in [0.2, 0.25) is 15.1 Å². The summed E-state index contributed by atoms with van der Waals surface area (Å²) in [6.07, 6.45) is 0. The van der Waals surface area contributed by atoms with E-state index in [1.165, 1.54) is 28.0 Å². The van der Waals surface area contributed by atoms with Gasteiger partial charge in [-0.25, -0.2) is 4.98 Å². The molecule has 10 heteroatoms. The fraction of sp³-hybridized carbons (Fsp3) is 0.133. The number of hydrogen-bond acceptors (Lipinski definition) is 5. The molecule has 2 heterocycles. The van der Waals surface area contributed by atoms with Gasteiger partial charge < -0.3 is 5.32 Å². The molecule has 1 aromatic carbocycles. The summed E-state index contributed by atoms with van der Waals surface area (Å²) in [7, 11) is 1.63. The fourth-order valence-corrected chi connectivity index (χ4v) is 4.20. The maximum Gasteiger partial charge on any atom is 0.271 e. The predicted octanol–water partition coefficient (Wildman–Crippen LogP) is 4.69. The van der Waals surface area contributed by atoms with Gasteiger partial charge >= 0.3 is 0 Å². The van der Waals surface area contributed by atoms with Crippen LogP contribution in [0, 0.1) is 0 Å². The van der Waals surface area contributed by atoms with E-state index in [0.717, 1.165) is 11.8 Å². The number of carbonyl (C=O) groups is 1. The Morgan fingerprint density at radius 3 is 2.76 bits per heavy atom. The van der Waals surface area contributed by atoms with Crippen molar-refractivity contribution in [3.8, 4) is 0 Å². The third-order valence-electron chi connectivity index (χ3n) is 3.26. The van der Waals surface area contributed by atoms with Crippen molar-refractivity contribution in [1.82, 2.24) is 9.55 Å². The number of nitrogens with one attached hydrogen (secondary N) is 1. The molecule has 2 aromatic heterocycles. The topological polar surface area (TPSA) is 64.0 Å². The molecule has 0 aliphatic carbocycles. The summed E-state index contributed by atoms with van der Waals surface area (Å²) in [6.45, 7) is 0. The van der Waals surface area contributed by atoms with E-state index in [4.69, 9.17) is 34.8 Å². The van der Waals surface area contributed by atoms with Crippen molar-refractivity contribution >= 4 is 79.7 Å². The molecule has 0 fully saturated rings. The summed E-state index contributed by atoms with van der Waals surface area (Å²) in [5, 5.41) is 5.83. The van der Waals surface area contributed by atoms with Gasteiger partial charge in [0, 0.05) is 7.05 Å². The molecular weight excluding hydrogens is 425 g/mol. The molecule has 0 unspecified atom stereocenters. The Morgan fingerprint density at radius 1 is 1.28 bits per heavy atom. The number of nitrogens with zero attached hydrogens (tertiary/aromatic N) is 2. The van der Waals surface area contributed by atoms with Gasteiger partial charge in [0.2, 0.25) is 5.91 Å². The highest BCUT2D eigenvalue weighted by Gasteiger charge is 2.13. The molecule has 25 heavy (non-hydrogen) atoms. The molecule has 0 spiro atoms. The Balaban J connectivity index is 1.74. The van der Waals surface area contributed by atoms with Crippen molar-refractivity contribution in [3.05, 3.63) is 49.0 Å². The fourth-order valence-electron chi connectivity index (χ4n) is 2.03. The highest BCUT2D eigenvalue weighted by Crippen LogP contribution is 2.32. The van der Waals surface area contributed by atoms with Crippen LogP contribution in [-0.4, -0.2) is 21.2 Å². The molecule has 0 radical (unpaired) electrons. The van der Waals surface area contributed by atoms with E-state index in [1.54, 1.807) is 13.1 Å². The van der Waals surface area contributed by atoms with E-state index in [9.17, 15) is 9.59 Å². The standard InChI is InChI=1S/C15H10Cl3N3O2S2/c1-21-14(23)13-10(2-3-24-13)20-15(21)25-6-12(22)19-11-5-8(17)7(16)4-9(11)18/h2-5H,6H2,1H3,(H,19,22). The normalized spacial score (nSPS) is 11.0. The number of carbonyl (C=O) groups excluding carboxylic acids is 1. The first-order chi connectivity index (χ1) is 11.9. The Morgan fingerprint density at radius 2 is 2.00 bits per heavy atom. The lowest BCUT2D eigenvalue weighted by Crippen LogP contribution is -2.20. The summed E-state index contributed by atoms with van der Waals surface area (Å²) in [4.78, 5) is 28.8.